The molecule has 0 atom stereocenters. The molecule has 130 valence electrons. The van der Waals surface area contributed by atoms with Gasteiger partial charge in [-0.25, -0.2) is 4.68 Å². The van der Waals surface area contributed by atoms with Crippen molar-refractivity contribution in [1.29, 1.82) is 0 Å². The average Bonchev–Trinajstić information content (AvgIpc) is 2.99. The summed E-state index contributed by atoms with van der Waals surface area (Å²) in [6.45, 7) is 2.27. The van der Waals surface area contributed by atoms with Crippen molar-refractivity contribution in [3.8, 4) is 0 Å². The van der Waals surface area contributed by atoms with Gasteiger partial charge in [0.2, 0.25) is 0 Å². The predicted octanol–water partition coefficient (Wildman–Crippen LogP) is 0.290. The van der Waals surface area contributed by atoms with E-state index in [-0.39, 0.29) is 19.8 Å². The van der Waals surface area contributed by atoms with Crippen LogP contribution in [0.5, 0.6) is 0 Å². The van der Waals surface area contributed by atoms with Crippen LogP contribution in [-0.4, -0.2) is 53.9 Å². The minimum atomic E-state index is -0.864. The lowest BCUT2D eigenvalue weighted by atomic mass is 9.91. The Labute approximate surface area is 141 Å². The summed E-state index contributed by atoms with van der Waals surface area (Å²) >= 11 is 0. The molecule has 2 heterocycles. The SMILES string of the molecule is OCc1nnn(CC2(O)CCN(Cc3ccccc3)CC2)c1CO. The fourth-order valence-electron chi connectivity index (χ4n) is 3.20. The topological polar surface area (TPSA) is 94.6 Å². The van der Waals surface area contributed by atoms with Crippen molar-refractivity contribution >= 4 is 0 Å². The second-order valence-corrected chi connectivity index (χ2v) is 6.44. The lowest BCUT2D eigenvalue weighted by Crippen LogP contribution is -2.46. The number of piperidine rings is 1. The zero-order valence-electron chi connectivity index (χ0n) is 13.7. The number of hydrogen-bond donors (Lipinski definition) is 3. The summed E-state index contributed by atoms with van der Waals surface area (Å²) in [5, 5.41) is 37.3. The second-order valence-electron chi connectivity index (χ2n) is 6.44. The van der Waals surface area contributed by atoms with Crippen molar-refractivity contribution in [1.82, 2.24) is 19.9 Å². The summed E-state index contributed by atoms with van der Waals surface area (Å²) in [7, 11) is 0. The zero-order chi connectivity index (χ0) is 17.0. The number of aliphatic hydroxyl groups excluding tert-OH is 2. The van der Waals surface area contributed by atoms with Gasteiger partial charge in [-0.2, -0.15) is 0 Å². The summed E-state index contributed by atoms with van der Waals surface area (Å²) in [5.74, 6) is 0. The normalized spacial score (nSPS) is 18.0. The Morgan fingerprint density at radius 1 is 1.04 bits per heavy atom. The van der Waals surface area contributed by atoms with E-state index in [2.05, 4.69) is 27.3 Å². The minimum Gasteiger partial charge on any atom is -0.390 e. The van der Waals surface area contributed by atoms with Crippen molar-refractivity contribution in [3.05, 3.63) is 47.3 Å². The van der Waals surface area contributed by atoms with Crippen LogP contribution in [0.3, 0.4) is 0 Å². The van der Waals surface area contributed by atoms with Gasteiger partial charge in [-0.1, -0.05) is 35.5 Å². The smallest absolute Gasteiger partial charge is 0.114 e. The summed E-state index contributed by atoms with van der Waals surface area (Å²) in [4.78, 5) is 2.33. The third kappa shape index (κ3) is 3.81. The molecular weight excluding hydrogens is 308 g/mol. The third-order valence-electron chi connectivity index (χ3n) is 4.70. The Kier molecular flexibility index (Phi) is 5.25. The molecule has 0 radical (unpaired) electrons. The first kappa shape index (κ1) is 17.0. The highest BCUT2D eigenvalue weighted by atomic mass is 16.3. The second kappa shape index (κ2) is 7.40. The van der Waals surface area contributed by atoms with Crippen LogP contribution >= 0.6 is 0 Å². The van der Waals surface area contributed by atoms with Crippen molar-refractivity contribution in [2.24, 2.45) is 0 Å². The molecule has 24 heavy (non-hydrogen) atoms. The van der Waals surface area contributed by atoms with E-state index in [1.54, 1.807) is 0 Å². The fourth-order valence-corrected chi connectivity index (χ4v) is 3.20. The monoisotopic (exact) mass is 332 g/mol. The molecule has 1 aliphatic heterocycles. The molecule has 1 aromatic carbocycles. The van der Waals surface area contributed by atoms with Gasteiger partial charge in [-0.15, -0.1) is 5.10 Å². The van der Waals surface area contributed by atoms with Gasteiger partial charge in [0.1, 0.15) is 5.69 Å². The molecule has 0 amide bonds. The van der Waals surface area contributed by atoms with Gasteiger partial charge in [0, 0.05) is 19.6 Å². The Hall–Kier alpha value is -1.80. The lowest BCUT2D eigenvalue weighted by Gasteiger charge is -2.38. The number of aromatic nitrogens is 3. The van der Waals surface area contributed by atoms with Crippen LogP contribution in [0.25, 0.3) is 0 Å². The molecule has 3 rings (SSSR count). The van der Waals surface area contributed by atoms with Crippen molar-refractivity contribution < 1.29 is 15.3 Å². The first-order chi connectivity index (χ1) is 11.6. The van der Waals surface area contributed by atoms with Crippen molar-refractivity contribution in [2.45, 2.75) is 44.7 Å². The van der Waals surface area contributed by atoms with Crippen molar-refractivity contribution in [2.75, 3.05) is 13.1 Å². The van der Waals surface area contributed by atoms with Crippen LogP contribution in [0, 0.1) is 0 Å². The highest BCUT2D eigenvalue weighted by Gasteiger charge is 2.34. The van der Waals surface area contributed by atoms with E-state index in [0.717, 1.165) is 19.6 Å². The first-order valence-electron chi connectivity index (χ1n) is 8.25. The van der Waals surface area contributed by atoms with Gasteiger partial charge in [0.05, 0.1) is 31.1 Å². The molecule has 7 nitrogen and oxygen atoms in total. The lowest BCUT2D eigenvalue weighted by molar-refractivity contribution is -0.0393. The van der Waals surface area contributed by atoms with Crippen LogP contribution in [0.4, 0.5) is 0 Å². The molecule has 0 aliphatic carbocycles. The Balaban J connectivity index is 1.59. The van der Waals surface area contributed by atoms with Gasteiger partial charge in [0.15, 0.2) is 0 Å². The minimum absolute atomic E-state index is 0.251. The van der Waals surface area contributed by atoms with Crippen LogP contribution < -0.4 is 0 Å². The molecule has 7 heteroatoms. The maximum absolute atomic E-state index is 10.9. The first-order valence-corrected chi connectivity index (χ1v) is 8.25. The van der Waals surface area contributed by atoms with Crippen LogP contribution in [-0.2, 0) is 26.3 Å². The van der Waals surface area contributed by atoms with Crippen LogP contribution in [0.15, 0.2) is 30.3 Å². The van der Waals surface area contributed by atoms with E-state index in [1.165, 1.54) is 10.2 Å². The molecular formula is C17H24N4O3. The molecule has 1 aromatic heterocycles. The molecule has 2 aromatic rings. The number of hydrogen-bond acceptors (Lipinski definition) is 6. The third-order valence-corrected chi connectivity index (χ3v) is 4.70. The summed E-state index contributed by atoms with van der Waals surface area (Å²) in [5.41, 5.74) is 1.24. The van der Waals surface area contributed by atoms with Gasteiger partial charge in [0.25, 0.3) is 0 Å². The number of aliphatic hydroxyl groups is 3. The molecule has 1 saturated heterocycles. The molecule has 1 aliphatic rings. The van der Waals surface area contributed by atoms with E-state index in [1.807, 2.05) is 18.2 Å². The summed E-state index contributed by atoms with van der Waals surface area (Å²) in [6.07, 6.45) is 1.28. The summed E-state index contributed by atoms with van der Waals surface area (Å²) < 4.78 is 1.51. The van der Waals surface area contributed by atoms with Gasteiger partial charge < -0.3 is 15.3 Å². The fraction of sp³-hybridized carbons (Fsp3) is 0.529. The maximum atomic E-state index is 10.9. The van der Waals surface area contributed by atoms with Crippen molar-refractivity contribution in [3.63, 3.8) is 0 Å². The molecule has 1 fully saturated rings. The Bertz CT molecular complexity index is 651. The standard InChI is InChI=1S/C17H24N4O3/c22-11-15-16(12-23)21(19-18-15)13-17(24)6-8-20(9-7-17)10-14-4-2-1-3-5-14/h1-5,22-24H,6-13H2. The highest BCUT2D eigenvalue weighted by Crippen LogP contribution is 2.25. The van der Waals surface area contributed by atoms with E-state index in [0.29, 0.717) is 24.2 Å². The average molecular weight is 332 g/mol. The quantitative estimate of drug-likeness (QED) is 0.704. The van der Waals surface area contributed by atoms with Gasteiger partial charge in [-0.3, -0.25) is 4.90 Å². The van der Waals surface area contributed by atoms with E-state index >= 15 is 0 Å². The number of benzene rings is 1. The number of nitrogens with zero attached hydrogens (tertiary/aromatic N) is 4. The van der Waals surface area contributed by atoms with Crippen LogP contribution in [0.2, 0.25) is 0 Å². The van der Waals surface area contributed by atoms with Gasteiger partial charge in [-0.05, 0) is 18.4 Å². The predicted molar refractivity (Wildman–Crippen MR) is 87.8 cm³/mol. The number of rotatable bonds is 6. The summed E-state index contributed by atoms with van der Waals surface area (Å²) in [6, 6.07) is 10.3. The Morgan fingerprint density at radius 3 is 2.38 bits per heavy atom. The van der Waals surface area contributed by atoms with E-state index < -0.39 is 5.60 Å². The van der Waals surface area contributed by atoms with Crippen LogP contribution in [0.1, 0.15) is 29.8 Å². The molecule has 0 saturated carbocycles. The zero-order valence-corrected chi connectivity index (χ0v) is 13.7. The Morgan fingerprint density at radius 2 is 1.75 bits per heavy atom. The largest absolute Gasteiger partial charge is 0.390 e. The van der Waals surface area contributed by atoms with Gasteiger partial charge >= 0.3 is 0 Å². The maximum Gasteiger partial charge on any atom is 0.114 e. The number of likely N-dealkylation sites (tertiary alicyclic amines) is 1. The molecule has 0 spiro atoms. The van der Waals surface area contributed by atoms with E-state index in [4.69, 9.17) is 0 Å². The molecule has 0 unspecified atom stereocenters. The van der Waals surface area contributed by atoms with E-state index in [9.17, 15) is 15.3 Å². The highest BCUT2D eigenvalue weighted by molar-refractivity contribution is 5.14. The molecule has 0 bridgehead atoms. The molecule has 3 N–H and O–H groups in total.